The van der Waals surface area contributed by atoms with Crippen LogP contribution in [-0.4, -0.2) is 23.3 Å². The average Bonchev–Trinajstić information content (AvgIpc) is 2.59. The lowest BCUT2D eigenvalue weighted by Gasteiger charge is -2.08. The Morgan fingerprint density at radius 1 is 1.17 bits per heavy atom. The van der Waals surface area contributed by atoms with Gasteiger partial charge in [-0.05, 0) is 24.1 Å². The van der Waals surface area contributed by atoms with Crippen molar-refractivity contribution in [1.29, 1.82) is 0 Å². The third kappa shape index (κ3) is 4.64. The molecule has 1 N–H and O–H groups in total. The number of rotatable bonds is 6. The first-order valence-corrected chi connectivity index (χ1v) is 7.20. The predicted octanol–water partition coefficient (Wildman–Crippen LogP) is 2.38. The van der Waals surface area contributed by atoms with E-state index < -0.39 is 16.8 Å². The summed E-state index contributed by atoms with van der Waals surface area (Å²) >= 11 is 0. The largest absolute Gasteiger partial charge is 0.459 e. The highest BCUT2D eigenvalue weighted by atomic mass is 16.6. The van der Waals surface area contributed by atoms with Crippen LogP contribution in [0, 0.1) is 17.0 Å². The number of non-ortho nitro benzene ring substituents is 1. The van der Waals surface area contributed by atoms with E-state index in [-0.39, 0.29) is 24.4 Å². The number of nitro benzene ring substituents is 1. The Bertz CT molecular complexity index is 773. The van der Waals surface area contributed by atoms with Crippen LogP contribution in [-0.2, 0) is 16.1 Å². The molecule has 0 aliphatic carbocycles. The molecule has 0 unspecified atom stereocenters. The van der Waals surface area contributed by atoms with Crippen molar-refractivity contribution in [2.45, 2.75) is 13.5 Å². The maximum Gasteiger partial charge on any atom is 0.325 e. The van der Waals surface area contributed by atoms with E-state index in [1.54, 1.807) is 0 Å². The number of nitrogens with zero attached hydrogens (tertiary/aromatic N) is 1. The van der Waals surface area contributed by atoms with Crippen LogP contribution < -0.4 is 5.32 Å². The molecule has 2 rings (SSSR count). The normalized spacial score (nSPS) is 10.0. The van der Waals surface area contributed by atoms with Crippen molar-refractivity contribution in [2.24, 2.45) is 0 Å². The fourth-order valence-electron chi connectivity index (χ4n) is 2.00. The van der Waals surface area contributed by atoms with E-state index in [1.165, 1.54) is 18.2 Å². The molecule has 0 heterocycles. The second-order valence-electron chi connectivity index (χ2n) is 5.08. The van der Waals surface area contributed by atoms with E-state index in [2.05, 4.69) is 5.32 Å². The molecule has 124 valence electrons. The van der Waals surface area contributed by atoms with Gasteiger partial charge in [0.25, 0.3) is 11.6 Å². The molecule has 2 aromatic rings. The number of carbonyl (C=O) groups excluding carboxylic acids is 2. The lowest BCUT2D eigenvalue weighted by atomic mass is 10.1. The van der Waals surface area contributed by atoms with Crippen LogP contribution in [0.5, 0.6) is 0 Å². The maximum atomic E-state index is 11.9. The minimum atomic E-state index is -0.590. The first kappa shape index (κ1) is 17.1. The Labute approximate surface area is 138 Å². The lowest BCUT2D eigenvalue weighted by Crippen LogP contribution is -2.30. The molecule has 0 spiro atoms. The van der Waals surface area contributed by atoms with Crippen LogP contribution in [0.2, 0.25) is 0 Å². The Morgan fingerprint density at radius 2 is 1.92 bits per heavy atom. The first-order valence-electron chi connectivity index (χ1n) is 7.20. The van der Waals surface area contributed by atoms with Crippen molar-refractivity contribution in [3.63, 3.8) is 0 Å². The fourth-order valence-corrected chi connectivity index (χ4v) is 2.00. The van der Waals surface area contributed by atoms with Crippen molar-refractivity contribution in [2.75, 3.05) is 6.54 Å². The van der Waals surface area contributed by atoms with Crippen LogP contribution in [0.3, 0.4) is 0 Å². The molecule has 0 radical (unpaired) electrons. The summed E-state index contributed by atoms with van der Waals surface area (Å²) < 4.78 is 5.10. The zero-order chi connectivity index (χ0) is 17.5. The summed E-state index contributed by atoms with van der Waals surface area (Å²) in [5.41, 5.74) is 1.81. The predicted molar refractivity (Wildman–Crippen MR) is 86.4 cm³/mol. The van der Waals surface area contributed by atoms with Crippen LogP contribution in [0.15, 0.2) is 48.5 Å². The van der Waals surface area contributed by atoms with Crippen LogP contribution in [0.25, 0.3) is 0 Å². The fraction of sp³-hybridized carbons (Fsp3) is 0.176. The van der Waals surface area contributed by atoms with Crippen molar-refractivity contribution >= 4 is 17.6 Å². The van der Waals surface area contributed by atoms with Crippen LogP contribution >= 0.6 is 0 Å². The van der Waals surface area contributed by atoms with Crippen molar-refractivity contribution in [3.8, 4) is 0 Å². The zero-order valence-electron chi connectivity index (χ0n) is 13.0. The van der Waals surface area contributed by atoms with Crippen LogP contribution in [0.4, 0.5) is 5.69 Å². The number of benzene rings is 2. The molecule has 0 aliphatic rings. The molecule has 0 aromatic heterocycles. The summed E-state index contributed by atoms with van der Waals surface area (Å²) in [6.07, 6.45) is 0. The van der Waals surface area contributed by atoms with Gasteiger partial charge in [0, 0.05) is 17.7 Å². The molecular formula is C17H16N2O5. The molecule has 0 saturated heterocycles. The van der Waals surface area contributed by atoms with Gasteiger partial charge in [-0.25, -0.2) is 0 Å². The molecule has 7 nitrogen and oxygen atoms in total. The molecule has 0 atom stereocenters. The summed E-state index contributed by atoms with van der Waals surface area (Å²) in [7, 11) is 0. The van der Waals surface area contributed by atoms with E-state index in [0.29, 0.717) is 0 Å². The topological polar surface area (TPSA) is 98.5 Å². The number of esters is 1. The van der Waals surface area contributed by atoms with Gasteiger partial charge in [0.1, 0.15) is 13.2 Å². The molecule has 24 heavy (non-hydrogen) atoms. The Hall–Kier alpha value is -3.22. The third-order valence-electron chi connectivity index (χ3n) is 3.36. The number of nitro groups is 1. The number of nitrogens with one attached hydrogen (secondary N) is 1. The van der Waals surface area contributed by atoms with Gasteiger partial charge in [0.05, 0.1) is 4.92 Å². The molecule has 0 aliphatic heterocycles. The smallest absolute Gasteiger partial charge is 0.325 e. The highest BCUT2D eigenvalue weighted by Gasteiger charge is 2.13. The summed E-state index contributed by atoms with van der Waals surface area (Å²) in [6, 6.07) is 12.8. The minimum Gasteiger partial charge on any atom is -0.459 e. The number of hydrogen-bond donors (Lipinski definition) is 1. The highest BCUT2D eigenvalue weighted by molar-refractivity contribution is 5.96. The maximum absolute atomic E-state index is 11.9. The SMILES string of the molecule is Cc1ccccc1COC(=O)CNC(=O)c1cccc([N+](=O)[O-])c1. The number of ether oxygens (including phenoxy) is 1. The quantitative estimate of drug-likeness (QED) is 0.499. The number of hydrogen-bond acceptors (Lipinski definition) is 5. The zero-order valence-corrected chi connectivity index (χ0v) is 13.0. The molecule has 0 bridgehead atoms. The van der Waals surface area contributed by atoms with Crippen molar-refractivity contribution in [3.05, 3.63) is 75.3 Å². The van der Waals surface area contributed by atoms with Gasteiger partial charge >= 0.3 is 5.97 Å². The van der Waals surface area contributed by atoms with E-state index >= 15 is 0 Å². The summed E-state index contributed by atoms with van der Waals surface area (Å²) in [5, 5.41) is 13.1. The molecule has 0 saturated carbocycles. The Morgan fingerprint density at radius 3 is 2.62 bits per heavy atom. The van der Waals surface area contributed by atoms with Gasteiger partial charge in [-0.1, -0.05) is 30.3 Å². The lowest BCUT2D eigenvalue weighted by molar-refractivity contribution is -0.384. The molecule has 1 amide bonds. The third-order valence-corrected chi connectivity index (χ3v) is 3.36. The van der Waals surface area contributed by atoms with Crippen molar-refractivity contribution in [1.82, 2.24) is 5.32 Å². The van der Waals surface area contributed by atoms with Gasteiger partial charge in [0.15, 0.2) is 0 Å². The summed E-state index contributed by atoms with van der Waals surface area (Å²) in [5.74, 6) is -1.16. The molecule has 2 aromatic carbocycles. The summed E-state index contributed by atoms with van der Waals surface area (Å²) in [6.45, 7) is 1.72. The van der Waals surface area contributed by atoms with Crippen LogP contribution in [0.1, 0.15) is 21.5 Å². The molecule has 7 heteroatoms. The van der Waals surface area contributed by atoms with E-state index in [0.717, 1.165) is 17.2 Å². The highest BCUT2D eigenvalue weighted by Crippen LogP contribution is 2.13. The van der Waals surface area contributed by atoms with Gasteiger partial charge in [-0.2, -0.15) is 0 Å². The second-order valence-corrected chi connectivity index (χ2v) is 5.08. The Balaban J connectivity index is 1.85. The van der Waals surface area contributed by atoms with E-state index in [4.69, 9.17) is 4.74 Å². The monoisotopic (exact) mass is 328 g/mol. The van der Waals surface area contributed by atoms with Gasteiger partial charge < -0.3 is 10.1 Å². The van der Waals surface area contributed by atoms with Gasteiger partial charge in [0.2, 0.25) is 0 Å². The molecular weight excluding hydrogens is 312 g/mol. The van der Waals surface area contributed by atoms with E-state index in [1.807, 2.05) is 31.2 Å². The van der Waals surface area contributed by atoms with Gasteiger partial charge in [-0.15, -0.1) is 0 Å². The molecule has 0 fully saturated rings. The Kier molecular flexibility index (Phi) is 5.62. The minimum absolute atomic E-state index is 0.107. The standard InChI is InChI=1S/C17H16N2O5/c1-12-5-2-3-6-14(12)11-24-16(20)10-18-17(21)13-7-4-8-15(9-13)19(22)23/h2-9H,10-11H2,1H3,(H,18,21). The second kappa shape index (κ2) is 7.87. The average molecular weight is 328 g/mol. The number of carbonyl (C=O) groups is 2. The summed E-state index contributed by atoms with van der Waals surface area (Å²) in [4.78, 5) is 33.7. The number of aryl methyl sites for hydroxylation is 1. The van der Waals surface area contributed by atoms with Gasteiger partial charge in [-0.3, -0.25) is 19.7 Å². The van der Waals surface area contributed by atoms with Crippen molar-refractivity contribution < 1.29 is 19.2 Å². The first-order chi connectivity index (χ1) is 11.5. The number of amides is 1. The van der Waals surface area contributed by atoms with E-state index in [9.17, 15) is 19.7 Å².